The fraction of sp³-hybridized carbons (Fsp3) is 0.462. The molecule has 0 amide bonds. The Labute approximate surface area is 112 Å². The quantitative estimate of drug-likeness (QED) is 0.684. The molecule has 0 atom stereocenters. The summed E-state index contributed by atoms with van der Waals surface area (Å²) in [4.78, 5) is 0.706. The molecule has 0 aromatic carbocycles. The van der Waals surface area contributed by atoms with Crippen LogP contribution in [0.2, 0.25) is 0 Å². The number of rotatable bonds is 0. The largest absolute Gasteiger partial charge is 0.286 e. The van der Waals surface area contributed by atoms with E-state index in [1.54, 1.807) is 24.3 Å². The highest BCUT2D eigenvalue weighted by Crippen LogP contribution is 2.44. The molecule has 0 spiro atoms. The number of hydroxylamine groups is 4. The molecular formula is C13H17N2O2S. The van der Waals surface area contributed by atoms with Crippen LogP contribution in [0.25, 0.3) is 0 Å². The summed E-state index contributed by atoms with van der Waals surface area (Å²) in [5.74, 6) is 0.264. The van der Waals surface area contributed by atoms with Crippen LogP contribution in [0.3, 0.4) is 0 Å². The van der Waals surface area contributed by atoms with Crippen molar-refractivity contribution >= 4 is 17.1 Å². The Morgan fingerprint density at radius 2 is 1.56 bits per heavy atom. The van der Waals surface area contributed by atoms with Crippen molar-refractivity contribution in [2.45, 2.75) is 38.8 Å². The molecule has 1 N–H and O–H groups in total. The van der Waals surface area contributed by atoms with Gasteiger partial charge in [-0.25, -0.2) is 5.06 Å². The van der Waals surface area contributed by atoms with Crippen LogP contribution in [0.5, 0.6) is 0 Å². The van der Waals surface area contributed by atoms with E-state index in [1.807, 2.05) is 27.7 Å². The third kappa shape index (κ3) is 1.62. The molecule has 1 radical (unpaired) electrons. The molecule has 0 bridgehead atoms. The first-order valence-electron chi connectivity index (χ1n) is 5.80. The summed E-state index contributed by atoms with van der Waals surface area (Å²) >= 11 is 5.02. The van der Waals surface area contributed by atoms with Gasteiger partial charge in [0.1, 0.15) is 0 Å². The predicted octanol–water partition coefficient (Wildman–Crippen LogP) is 2.60. The lowest BCUT2D eigenvalue weighted by atomic mass is 9.84. The van der Waals surface area contributed by atoms with Gasteiger partial charge in [-0.1, -0.05) is 17.4 Å². The monoisotopic (exact) mass is 265 g/mol. The molecule has 0 aromatic heterocycles. The van der Waals surface area contributed by atoms with Gasteiger partial charge in [0.2, 0.25) is 0 Å². The standard InChI is InChI=1S/C13H17N2O2S/c1-12(2)13(3,4)15(17)11(14(12)16)9-5-7-10(18)8-6-9/h5-8,16H,1-4H3. The minimum absolute atomic E-state index is 0.264. The van der Waals surface area contributed by atoms with E-state index in [1.165, 1.54) is 0 Å². The molecule has 1 aliphatic heterocycles. The highest BCUT2D eigenvalue weighted by Gasteiger charge is 2.56. The fourth-order valence-corrected chi connectivity index (χ4v) is 2.10. The highest BCUT2D eigenvalue weighted by molar-refractivity contribution is 7.81. The van der Waals surface area contributed by atoms with Crippen molar-refractivity contribution in [3.8, 4) is 0 Å². The van der Waals surface area contributed by atoms with E-state index in [9.17, 15) is 10.4 Å². The zero-order valence-electron chi connectivity index (χ0n) is 11.0. The maximum Gasteiger partial charge on any atom is 0.164 e. The van der Waals surface area contributed by atoms with Gasteiger partial charge in [-0.2, -0.15) is 5.06 Å². The Morgan fingerprint density at radius 3 is 1.94 bits per heavy atom. The fourth-order valence-electron chi connectivity index (χ4n) is 1.97. The van der Waals surface area contributed by atoms with Crippen molar-refractivity contribution in [3.05, 3.63) is 35.7 Å². The molecule has 0 aromatic rings. The van der Waals surface area contributed by atoms with Crippen molar-refractivity contribution in [1.29, 1.82) is 0 Å². The van der Waals surface area contributed by atoms with Crippen LogP contribution >= 0.6 is 12.2 Å². The summed E-state index contributed by atoms with van der Waals surface area (Å²) in [6, 6.07) is 0. The van der Waals surface area contributed by atoms with E-state index < -0.39 is 11.1 Å². The minimum atomic E-state index is -0.719. The van der Waals surface area contributed by atoms with Crippen LogP contribution in [-0.4, -0.2) is 31.3 Å². The number of hydrogen-bond donors (Lipinski definition) is 1. The molecule has 5 heteroatoms. The maximum absolute atomic E-state index is 12.4. The van der Waals surface area contributed by atoms with Crippen LogP contribution in [0.4, 0.5) is 0 Å². The third-order valence-corrected chi connectivity index (χ3v) is 4.31. The Balaban J connectivity index is 2.54. The van der Waals surface area contributed by atoms with E-state index in [2.05, 4.69) is 0 Å². The summed E-state index contributed by atoms with van der Waals surface area (Å²) in [5, 5.41) is 24.6. The summed E-state index contributed by atoms with van der Waals surface area (Å²) in [7, 11) is 0. The van der Waals surface area contributed by atoms with E-state index in [0.29, 0.717) is 10.4 Å². The summed E-state index contributed by atoms with van der Waals surface area (Å²) < 4.78 is 0. The van der Waals surface area contributed by atoms with Crippen molar-refractivity contribution in [2.24, 2.45) is 0 Å². The van der Waals surface area contributed by atoms with Gasteiger partial charge in [0, 0.05) is 10.4 Å². The third-order valence-electron chi connectivity index (χ3n) is 4.04. The van der Waals surface area contributed by atoms with Gasteiger partial charge in [-0.15, -0.1) is 0 Å². The van der Waals surface area contributed by atoms with Gasteiger partial charge < -0.3 is 0 Å². The van der Waals surface area contributed by atoms with Crippen LogP contribution < -0.4 is 0 Å². The van der Waals surface area contributed by atoms with Gasteiger partial charge in [0.15, 0.2) is 5.82 Å². The zero-order chi connectivity index (χ0) is 13.7. The zero-order valence-corrected chi connectivity index (χ0v) is 11.8. The Hall–Kier alpha value is -1.17. The molecule has 1 saturated heterocycles. The highest BCUT2D eigenvalue weighted by atomic mass is 32.1. The summed E-state index contributed by atoms with van der Waals surface area (Å²) in [6.45, 7) is 7.31. The second-order valence-corrected chi connectivity index (χ2v) is 6.04. The lowest BCUT2D eigenvalue weighted by molar-refractivity contribution is -0.181. The molecule has 0 unspecified atom stereocenters. The van der Waals surface area contributed by atoms with Crippen LogP contribution in [0, 0.1) is 0 Å². The Kier molecular flexibility index (Phi) is 2.88. The van der Waals surface area contributed by atoms with E-state index in [0.717, 1.165) is 10.1 Å². The maximum atomic E-state index is 12.4. The molecule has 1 heterocycles. The molecule has 97 valence electrons. The molecule has 4 nitrogen and oxygen atoms in total. The predicted molar refractivity (Wildman–Crippen MR) is 72.2 cm³/mol. The van der Waals surface area contributed by atoms with E-state index in [-0.39, 0.29) is 5.82 Å². The number of nitrogens with zero attached hydrogens (tertiary/aromatic N) is 2. The number of allylic oxidation sites excluding steroid dienone is 5. The topological polar surface area (TPSA) is 46.6 Å². The molecule has 0 saturated carbocycles. The summed E-state index contributed by atoms with van der Waals surface area (Å²) in [5.41, 5.74) is -0.722. The van der Waals surface area contributed by atoms with Gasteiger partial charge in [-0.3, -0.25) is 5.21 Å². The molecule has 18 heavy (non-hydrogen) atoms. The van der Waals surface area contributed by atoms with Crippen molar-refractivity contribution in [1.82, 2.24) is 10.1 Å². The molecular weight excluding hydrogens is 248 g/mol. The van der Waals surface area contributed by atoms with Gasteiger partial charge in [0.05, 0.1) is 11.1 Å². The first-order chi connectivity index (χ1) is 8.19. The average molecular weight is 265 g/mol. The number of hydrogen-bond acceptors (Lipinski definition) is 4. The second-order valence-electron chi connectivity index (χ2n) is 5.57. The van der Waals surface area contributed by atoms with Gasteiger partial charge in [0.25, 0.3) is 0 Å². The van der Waals surface area contributed by atoms with E-state index in [4.69, 9.17) is 12.2 Å². The Bertz CT molecular complexity index is 449. The van der Waals surface area contributed by atoms with Gasteiger partial charge >= 0.3 is 0 Å². The lowest BCUT2D eigenvalue weighted by Crippen LogP contribution is -2.52. The average Bonchev–Trinajstić information content (AvgIpc) is 2.41. The van der Waals surface area contributed by atoms with Crippen LogP contribution in [0.15, 0.2) is 35.7 Å². The first kappa shape index (κ1) is 13.3. The second kappa shape index (κ2) is 3.91. The van der Waals surface area contributed by atoms with Crippen molar-refractivity contribution < 1.29 is 10.4 Å². The minimum Gasteiger partial charge on any atom is -0.286 e. The molecule has 2 aliphatic rings. The van der Waals surface area contributed by atoms with Gasteiger partial charge in [-0.05, 0) is 52.0 Å². The normalized spacial score (nSPS) is 25.3. The van der Waals surface area contributed by atoms with E-state index >= 15 is 0 Å². The van der Waals surface area contributed by atoms with Crippen molar-refractivity contribution in [3.63, 3.8) is 0 Å². The molecule has 1 fully saturated rings. The van der Waals surface area contributed by atoms with Crippen LogP contribution in [-0.2, 0) is 5.21 Å². The molecule has 1 aliphatic carbocycles. The SMILES string of the molecule is CC1(C)N([O])C(=C2C=CC(=S)C=C2)N(O)C1(C)C. The van der Waals surface area contributed by atoms with Crippen LogP contribution in [0.1, 0.15) is 27.7 Å². The first-order valence-corrected chi connectivity index (χ1v) is 6.21. The van der Waals surface area contributed by atoms with Crippen molar-refractivity contribution in [2.75, 3.05) is 0 Å². The lowest BCUT2D eigenvalue weighted by Gasteiger charge is -2.36. The molecule has 2 rings (SSSR count). The smallest absolute Gasteiger partial charge is 0.164 e. The Morgan fingerprint density at radius 1 is 1.06 bits per heavy atom. The summed E-state index contributed by atoms with van der Waals surface area (Å²) in [6.07, 6.45) is 7.00. The number of thiocarbonyl (C=S) groups is 1.